The molecule has 0 unspecified atom stereocenters. The van der Waals surface area contributed by atoms with Gasteiger partial charge >= 0.3 is 12.1 Å². The van der Waals surface area contributed by atoms with Crippen LogP contribution in [0.2, 0.25) is 0 Å². The van der Waals surface area contributed by atoms with Gasteiger partial charge in [0.25, 0.3) is 0 Å². The summed E-state index contributed by atoms with van der Waals surface area (Å²) in [5, 5.41) is 9.29. The standard InChI is InChI=1S/C16H23NO4S/c1-16(2,3)21-15(20)17(13(11-22)14(18)19)10-9-12-7-5-4-6-8-12/h4-8,13,22H,9-11H2,1-3H3,(H,18,19)/t13-/m1/s1. The third-order valence-corrected chi connectivity index (χ3v) is 3.29. The fraction of sp³-hybridized carbons (Fsp3) is 0.500. The molecule has 0 heterocycles. The van der Waals surface area contributed by atoms with Gasteiger partial charge in [-0.05, 0) is 32.8 Å². The lowest BCUT2D eigenvalue weighted by molar-refractivity contribution is -0.142. The van der Waals surface area contributed by atoms with Crippen LogP contribution in [0.3, 0.4) is 0 Å². The van der Waals surface area contributed by atoms with Crippen LogP contribution in [0.1, 0.15) is 26.3 Å². The fourth-order valence-corrected chi connectivity index (χ4v) is 2.25. The minimum absolute atomic E-state index is 0.0311. The lowest BCUT2D eigenvalue weighted by atomic mass is 10.1. The highest BCUT2D eigenvalue weighted by molar-refractivity contribution is 7.80. The number of carboxylic acid groups (broad SMARTS) is 1. The van der Waals surface area contributed by atoms with Gasteiger partial charge in [0.2, 0.25) is 0 Å². The molecule has 22 heavy (non-hydrogen) atoms. The molecule has 0 bridgehead atoms. The summed E-state index contributed by atoms with van der Waals surface area (Å²) in [6.07, 6.45) is -0.0812. The Balaban J connectivity index is 2.86. The van der Waals surface area contributed by atoms with Crippen LogP contribution < -0.4 is 0 Å². The van der Waals surface area contributed by atoms with Gasteiger partial charge in [0.1, 0.15) is 11.6 Å². The average Bonchev–Trinajstić information content (AvgIpc) is 2.42. The summed E-state index contributed by atoms with van der Waals surface area (Å²) in [4.78, 5) is 24.9. The fourth-order valence-electron chi connectivity index (χ4n) is 1.90. The second-order valence-electron chi connectivity index (χ2n) is 5.95. The van der Waals surface area contributed by atoms with Crippen molar-refractivity contribution in [3.63, 3.8) is 0 Å². The zero-order valence-electron chi connectivity index (χ0n) is 13.2. The minimum atomic E-state index is -1.09. The number of benzene rings is 1. The quantitative estimate of drug-likeness (QED) is 0.789. The van der Waals surface area contributed by atoms with Crippen molar-refractivity contribution in [1.29, 1.82) is 0 Å². The normalized spacial score (nSPS) is 12.5. The lowest BCUT2D eigenvalue weighted by Gasteiger charge is -2.30. The van der Waals surface area contributed by atoms with Gasteiger partial charge in [-0.1, -0.05) is 30.3 Å². The van der Waals surface area contributed by atoms with E-state index in [4.69, 9.17) is 4.74 Å². The van der Waals surface area contributed by atoms with E-state index in [2.05, 4.69) is 12.6 Å². The number of carbonyl (C=O) groups excluding carboxylic acids is 1. The molecule has 1 N–H and O–H groups in total. The number of nitrogens with zero attached hydrogens (tertiary/aromatic N) is 1. The van der Waals surface area contributed by atoms with Crippen LogP contribution in [0.15, 0.2) is 30.3 Å². The number of rotatable bonds is 6. The van der Waals surface area contributed by atoms with Gasteiger partial charge in [-0.15, -0.1) is 0 Å². The second kappa shape index (κ2) is 8.08. The van der Waals surface area contributed by atoms with E-state index in [1.165, 1.54) is 4.90 Å². The lowest BCUT2D eigenvalue weighted by Crippen LogP contribution is -2.49. The summed E-state index contributed by atoms with van der Waals surface area (Å²) in [6.45, 7) is 5.50. The molecule has 0 aliphatic carbocycles. The van der Waals surface area contributed by atoms with Crippen LogP contribution in [-0.4, -0.2) is 46.0 Å². The molecule has 0 aliphatic heterocycles. The summed E-state index contributed by atoms with van der Waals surface area (Å²) in [7, 11) is 0. The van der Waals surface area contributed by atoms with Gasteiger partial charge in [0, 0.05) is 12.3 Å². The van der Waals surface area contributed by atoms with Crippen LogP contribution in [0.25, 0.3) is 0 Å². The number of aliphatic carboxylic acids is 1. The molecular weight excluding hydrogens is 302 g/mol. The van der Waals surface area contributed by atoms with Crippen molar-refractivity contribution in [2.24, 2.45) is 0 Å². The van der Waals surface area contributed by atoms with Crippen LogP contribution in [0.4, 0.5) is 4.79 Å². The molecule has 0 radical (unpaired) electrons. The van der Waals surface area contributed by atoms with Crippen molar-refractivity contribution in [3.05, 3.63) is 35.9 Å². The Morgan fingerprint density at radius 2 is 1.86 bits per heavy atom. The third kappa shape index (κ3) is 5.97. The first-order valence-corrected chi connectivity index (χ1v) is 7.75. The van der Waals surface area contributed by atoms with E-state index in [1.807, 2.05) is 30.3 Å². The highest BCUT2D eigenvalue weighted by atomic mass is 32.1. The average molecular weight is 325 g/mol. The number of amides is 1. The van der Waals surface area contributed by atoms with Gasteiger partial charge < -0.3 is 9.84 Å². The molecule has 0 aliphatic rings. The van der Waals surface area contributed by atoms with Crippen LogP contribution >= 0.6 is 12.6 Å². The van der Waals surface area contributed by atoms with Crippen molar-refractivity contribution in [3.8, 4) is 0 Å². The Labute approximate surface area is 136 Å². The molecule has 1 aromatic carbocycles. The molecule has 0 spiro atoms. The third-order valence-electron chi connectivity index (χ3n) is 2.95. The predicted molar refractivity (Wildman–Crippen MR) is 88.4 cm³/mol. The topological polar surface area (TPSA) is 66.8 Å². The predicted octanol–water partition coefficient (Wildman–Crippen LogP) is 2.85. The Morgan fingerprint density at radius 3 is 2.32 bits per heavy atom. The maximum atomic E-state index is 12.3. The van der Waals surface area contributed by atoms with E-state index in [-0.39, 0.29) is 12.3 Å². The molecule has 0 fully saturated rings. The van der Waals surface area contributed by atoms with Crippen molar-refractivity contribution in [2.75, 3.05) is 12.3 Å². The SMILES string of the molecule is CC(C)(C)OC(=O)N(CCc1ccccc1)[C@H](CS)C(=O)O. The van der Waals surface area contributed by atoms with E-state index in [1.54, 1.807) is 20.8 Å². The van der Waals surface area contributed by atoms with E-state index in [0.717, 1.165) is 5.56 Å². The highest BCUT2D eigenvalue weighted by Crippen LogP contribution is 2.14. The van der Waals surface area contributed by atoms with Crippen LogP contribution in [0.5, 0.6) is 0 Å². The summed E-state index contributed by atoms with van der Waals surface area (Å²) in [6, 6.07) is 8.57. The van der Waals surface area contributed by atoms with Crippen molar-refractivity contribution in [1.82, 2.24) is 4.90 Å². The number of ether oxygens (including phenoxy) is 1. The molecule has 5 nitrogen and oxygen atoms in total. The first-order chi connectivity index (χ1) is 10.2. The summed E-state index contributed by atoms with van der Waals surface area (Å²) in [5.74, 6) is -1.06. The van der Waals surface area contributed by atoms with Crippen LogP contribution in [0, 0.1) is 0 Å². The monoisotopic (exact) mass is 325 g/mol. The van der Waals surface area contributed by atoms with Gasteiger partial charge in [-0.2, -0.15) is 12.6 Å². The highest BCUT2D eigenvalue weighted by Gasteiger charge is 2.31. The molecule has 1 aromatic rings. The second-order valence-corrected chi connectivity index (χ2v) is 6.31. The van der Waals surface area contributed by atoms with E-state index >= 15 is 0 Å². The first kappa shape index (κ1) is 18.4. The zero-order chi connectivity index (χ0) is 16.8. The summed E-state index contributed by atoms with van der Waals surface area (Å²) < 4.78 is 5.31. The number of carbonyl (C=O) groups is 2. The molecule has 6 heteroatoms. The first-order valence-electron chi connectivity index (χ1n) is 7.12. The molecule has 122 valence electrons. The molecular formula is C16H23NO4S. The largest absolute Gasteiger partial charge is 0.480 e. The van der Waals surface area contributed by atoms with Crippen molar-refractivity contribution in [2.45, 2.75) is 38.8 Å². The number of thiol groups is 1. The maximum Gasteiger partial charge on any atom is 0.411 e. The molecule has 1 rings (SSSR count). The van der Waals surface area contributed by atoms with Crippen molar-refractivity contribution < 1.29 is 19.4 Å². The Morgan fingerprint density at radius 1 is 1.27 bits per heavy atom. The van der Waals surface area contributed by atoms with Gasteiger partial charge in [-0.3, -0.25) is 4.90 Å². The molecule has 1 atom stereocenters. The van der Waals surface area contributed by atoms with Gasteiger partial charge in [-0.25, -0.2) is 9.59 Å². The van der Waals surface area contributed by atoms with E-state index in [9.17, 15) is 14.7 Å². The number of hydrogen-bond acceptors (Lipinski definition) is 4. The molecule has 0 aromatic heterocycles. The maximum absolute atomic E-state index is 12.3. The molecule has 0 saturated heterocycles. The van der Waals surface area contributed by atoms with Crippen LogP contribution in [-0.2, 0) is 16.0 Å². The molecule has 1 amide bonds. The summed E-state index contributed by atoms with van der Waals surface area (Å²) >= 11 is 4.05. The van der Waals surface area contributed by atoms with Crippen molar-refractivity contribution >= 4 is 24.7 Å². The minimum Gasteiger partial charge on any atom is -0.480 e. The van der Waals surface area contributed by atoms with E-state index in [0.29, 0.717) is 6.42 Å². The summed E-state index contributed by atoms with van der Waals surface area (Å²) in [5.41, 5.74) is 0.348. The van der Waals surface area contributed by atoms with Gasteiger partial charge in [0.05, 0.1) is 0 Å². The van der Waals surface area contributed by atoms with Gasteiger partial charge in [0.15, 0.2) is 0 Å². The molecule has 0 saturated carbocycles. The van der Waals surface area contributed by atoms with E-state index < -0.39 is 23.7 Å². The smallest absolute Gasteiger partial charge is 0.411 e. The Hall–Kier alpha value is -1.69. The number of hydrogen-bond donors (Lipinski definition) is 2. The number of carboxylic acids is 1. The zero-order valence-corrected chi connectivity index (χ0v) is 14.0. The Kier molecular flexibility index (Phi) is 6.74. The Bertz CT molecular complexity index is 499.